The second-order valence-corrected chi connectivity index (χ2v) is 8.09. The molecule has 7 nitrogen and oxygen atoms in total. The highest BCUT2D eigenvalue weighted by Crippen LogP contribution is 2.47. The number of benzene rings is 4. The van der Waals surface area contributed by atoms with Gasteiger partial charge in [0.2, 0.25) is 0 Å². The summed E-state index contributed by atoms with van der Waals surface area (Å²) in [5, 5.41) is 23.1. The third-order valence-corrected chi connectivity index (χ3v) is 6.15. The summed E-state index contributed by atoms with van der Waals surface area (Å²) in [6.45, 7) is 0. The number of carbonyl (C=O) groups is 3. The Morgan fingerprint density at radius 3 is 1.57 bits per heavy atom. The van der Waals surface area contributed by atoms with Crippen LogP contribution in [0.5, 0.6) is 0 Å². The smallest absolute Gasteiger partial charge is 0.279 e. The fourth-order valence-corrected chi connectivity index (χ4v) is 4.54. The van der Waals surface area contributed by atoms with Gasteiger partial charge < -0.3 is 15.0 Å². The lowest BCUT2D eigenvalue weighted by molar-refractivity contribution is -0.254. The number of rotatable bonds is 4. The van der Waals surface area contributed by atoms with Crippen molar-refractivity contribution < 1.29 is 24.6 Å². The molecule has 172 valence electrons. The number of aromatic carboxylic acids is 1. The molecule has 0 radical (unpaired) electrons. The van der Waals surface area contributed by atoms with E-state index in [1.807, 2.05) is 24.3 Å². The van der Waals surface area contributed by atoms with E-state index in [1.165, 1.54) is 12.1 Å². The molecule has 0 spiro atoms. The lowest BCUT2D eigenvalue weighted by atomic mass is 9.91. The molecule has 1 aliphatic carbocycles. The van der Waals surface area contributed by atoms with Gasteiger partial charge in [-0.05, 0) is 28.3 Å². The molecule has 4 aromatic rings. The number of hydrogen-bond acceptors (Lipinski definition) is 5. The lowest BCUT2D eigenvalue weighted by Gasteiger charge is -2.24. The summed E-state index contributed by atoms with van der Waals surface area (Å²) in [6.07, 6.45) is 0. The van der Waals surface area contributed by atoms with Gasteiger partial charge in [-0.25, -0.2) is 0 Å². The Labute approximate surface area is 200 Å². The summed E-state index contributed by atoms with van der Waals surface area (Å²) in [7, 11) is 0. The Morgan fingerprint density at radius 1 is 0.600 bits per heavy atom. The molecule has 0 heterocycles. The van der Waals surface area contributed by atoms with Crippen LogP contribution < -0.4 is 16.0 Å². The van der Waals surface area contributed by atoms with E-state index in [2.05, 4.69) is 10.9 Å². The fourth-order valence-electron chi connectivity index (χ4n) is 4.54. The Hall–Kier alpha value is -4.75. The lowest BCUT2D eigenvalue weighted by Crippen LogP contribution is -2.51. The molecule has 2 amide bonds. The molecule has 0 saturated carbocycles. The highest BCUT2D eigenvalue weighted by atomic mass is 16.4. The zero-order valence-electron chi connectivity index (χ0n) is 18.3. The van der Waals surface area contributed by atoms with Gasteiger partial charge in [0.15, 0.2) is 5.60 Å². The molecule has 0 fully saturated rings. The van der Waals surface area contributed by atoms with E-state index >= 15 is 0 Å². The quantitative estimate of drug-likeness (QED) is 0.402. The van der Waals surface area contributed by atoms with Crippen molar-refractivity contribution in [1.29, 1.82) is 0 Å². The largest absolute Gasteiger partial charge is 0.545 e. The van der Waals surface area contributed by atoms with Crippen molar-refractivity contribution in [3.8, 4) is 22.3 Å². The van der Waals surface area contributed by atoms with Crippen molar-refractivity contribution in [2.75, 3.05) is 0 Å². The summed E-state index contributed by atoms with van der Waals surface area (Å²) >= 11 is 0. The van der Waals surface area contributed by atoms with Crippen molar-refractivity contribution in [1.82, 2.24) is 10.9 Å². The first-order valence-corrected chi connectivity index (χ1v) is 10.8. The zero-order chi connectivity index (χ0) is 24.6. The van der Waals surface area contributed by atoms with Gasteiger partial charge >= 0.3 is 0 Å². The SMILES string of the molecule is O=C([O-])c1ccccc1-c1ccccc1C(=O)NNC(=O)C1(O)c2ccccc2-c2ccccc21. The Kier molecular flexibility index (Phi) is 5.39. The minimum Gasteiger partial charge on any atom is -0.545 e. The van der Waals surface area contributed by atoms with Gasteiger partial charge in [0, 0.05) is 22.3 Å². The average Bonchev–Trinajstić information content (AvgIpc) is 3.17. The number of amides is 2. The molecule has 35 heavy (non-hydrogen) atoms. The molecule has 1 aliphatic rings. The molecule has 5 rings (SSSR count). The van der Waals surface area contributed by atoms with E-state index in [1.54, 1.807) is 60.7 Å². The van der Waals surface area contributed by atoms with Gasteiger partial charge in [0.1, 0.15) is 0 Å². The molecule has 7 heteroatoms. The first kappa shape index (κ1) is 22.1. The molecule has 0 unspecified atom stereocenters. The number of carbonyl (C=O) groups excluding carboxylic acids is 3. The third kappa shape index (κ3) is 3.55. The molecule has 0 atom stereocenters. The Balaban J connectivity index is 1.44. The second kappa shape index (κ2) is 8.55. The maximum Gasteiger partial charge on any atom is 0.279 e. The summed E-state index contributed by atoms with van der Waals surface area (Å²) in [5.41, 5.74) is 5.74. The minimum absolute atomic E-state index is 0.0646. The van der Waals surface area contributed by atoms with Crippen LogP contribution in [-0.4, -0.2) is 22.9 Å². The maximum atomic E-state index is 13.3. The second-order valence-electron chi connectivity index (χ2n) is 8.09. The molecule has 3 N–H and O–H groups in total. The Morgan fingerprint density at radius 2 is 1.03 bits per heavy atom. The van der Waals surface area contributed by atoms with Crippen LogP contribution in [0.1, 0.15) is 31.8 Å². The summed E-state index contributed by atoms with van der Waals surface area (Å²) in [5.74, 6) is -2.87. The van der Waals surface area contributed by atoms with E-state index in [9.17, 15) is 24.6 Å². The summed E-state index contributed by atoms with van der Waals surface area (Å²) in [4.78, 5) is 37.9. The van der Waals surface area contributed by atoms with E-state index in [-0.39, 0.29) is 11.1 Å². The van der Waals surface area contributed by atoms with E-state index in [0.29, 0.717) is 22.3 Å². The van der Waals surface area contributed by atoms with Crippen molar-refractivity contribution in [3.05, 3.63) is 119 Å². The van der Waals surface area contributed by atoms with Gasteiger partial charge in [0.25, 0.3) is 11.8 Å². The van der Waals surface area contributed by atoms with E-state index in [0.717, 1.165) is 11.1 Å². The van der Waals surface area contributed by atoms with Crippen LogP contribution in [0.15, 0.2) is 97.1 Å². The van der Waals surface area contributed by atoms with Gasteiger partial charge in [0.05, 0.1) is 5.97 Å². The van der Waals surface area contributed by atoms with Crippen LogP contribution in [-0.2, 0) is 10.4 Å². The van der Waals surface area contributed by atoms with Crippen LogP contribution in [0, 0.1) is 0 Å². The minimum atomic E-state index is -2.00. The van der Waals surface area contributed by atoms with Gasteiger partial charge in [-0.2, -0.15) is 0 Å². The number of hydrogen-bond donors (Lipinski definition) is 3. The molecular formula is C28H19N2O5-. The Bertz CT molecular complexity index is 1450. The first-order valence-electron chi connectivity index (χ1n) is 10.8. The molecule has 0 saturated heterocycles. The van der Waals surface area contributed by atoms with E-state index in [4.69, 9.17) is 0 Å². The van der Waals surface area contributed by atoms with Crippen LogP contribution in [0.4, 0.5) is 0 Å². The third-order valence-electron chi connectivity index (χ3n) is 6.15. The van der Waals surface area contributed by atoms with Gasteiger partial charge in [-0.15, -0.1) is 0 Å². The predicted octanol–water partition coefficient (Wildman–Crippen LogP) is 2.39. The number of hydrazine groups is 1. The van der Waals surface area contributed by atoms with Crippen molar-refractivity contribution >= 4 is 17.8 Å². The topological polar surface area (TPSA) is 119 Å². The number of carboxylic acid groups (broad SMARTS) is 1. The van der Waals surface area contributed by atoms with Crippen LogP contribution in [0.25, 0.3) is 22.3 Å². The standard InChI is InChI=1S/C28H20N2O5/c31-25(21-13-3-1-9-17(21)18-10-2-4-14-22(18)26(32)33)29-30-27(34)28(35)23-15-7-5-11-19(23)20-12-6-8-16-24(20)28/h1-16,35H,(H,29,31)(H,30,34)(H,32,33)/p-1. The van der Waals surface area contributed by atoms with Crippen LogP contribution in [0.3, 0.4) is 0 Å². The van der Waals surface area contributed by atoms with Crippen molar-refractivity contribution in [2.45, 2.75) is 5.60 Å². The monoisotopic (exact) mass is 463 g/mol. The maximum absolute atomic E-state index is 13.3. The highest BCUT2D eigenvalue weighted by molar-refractivity contribution is 6.05. The molecule has 4 aromatic carbocycles. The number of nitrogens with one attached hydrogen (secondary N) is 2. The average molecular weight is 463 g/mol. The van der Waals surface area contributed by atoms with Gasteiger partial charge in [-0.1, -0.05) is 91.0 Å². The fraction of sp³-hybridized carbons (Fsp3) is 0.0357. The number of fused-ring (bicyclic) bond motifs is 3. The number of aliphatic hydroxyl groups is 1. The first-order chi connectivity index (χ1) is 16.9. The van der Waals surface area contributed by atoms with Crippen LogP contribution in [0.2, 0.25) is 0 Å². The normalized spacial score (nSPS) is 12.8. The van der Waals surface area contributed by atoms with Crippen LogP contribution >= 0.6 is 0 Å². The molecular weight excluding hydrogens is 444 g/mol. The number of carboxylic acids is 1. The molecule has 0 aliphatic heterocycles. The molecule has 0 aromatic heterocycles. The summed E-state index contributed by atoms with van der Waals surface area (Å²) < 4.78 is 0. The zero-order valence-corrected chi connectivity index (χ0v) is 18.3. The van der Waals surface area contributed by atoms with E-state index < -0.39 is 23.4 Å². The highest BCUT2D eigenvalue weighted by Gasteiger charge is 2.47. The van der Waals surface area contributed by atoms with Crippen molar-refractivity contribution in [3.63, 3.8) is 0 Å². The molecule has 0 bridgehead atoms. The summed E-state index contributed by atoms with van der Waals surface area (Å²) in [6, 6.07) is 26.7. The predicted molar refractivity (Wildman–Crippen MR) is 127 cm³/mol. The van der Waals surface area contributed by atoms with Gasteiger partial charge in [-0.3, -0.25) is 20.4 Å². The van der Waals surface area contributed by atoms with Crippen molar-refractivity contribution in [2.24, 2.45) is 0 Å².